The Bertz CT molecular complexity index is 1100. The summed E-state index contributed by atoms with van der Waals surface area (Å²) in [4.78, 5) is 20.9. The van der Waals surface area contributed by atoms with Gasteiger partial charge in [0.1, 0.15) is 17.8 Å². The van der Waals surface area contributed by atoms with Crippen LogP contribution in [-0.2, 0) is 9.59 Å². The summed E-state index contributed by atoms with van der Waals surface area (Å²) in [5, 5.41) is 0. The first-order valence-electron chi connectivity index (χ1n) is 11.4. The quantitative estimate of drug-likeness (QED) is 0.116. The molecule has 0 aliphatic carbocycles. The summed E-state index contributed by atoms with van der Waals surface area (Å²) in [5.41, 5.74) is 5.00. The third kappa shape index (κ3) is 10.1. The molecule has 0 N–H and O–H groups in total. The van der Waals surface area contributed by atoms with Crippen molar-refractivity contribution in [2.75, 3.05) is 7.11 Å². The van der Waals surface area contributed by atoms with Crippen LogP contribution in [0, 0.1) is 0 Å². The van der Waals surface area contributed by atoms with Crippen molar-refractivity contribution in [1.29, 1.82) is 0 Å². The highest BCUT2D eigenvalue weighted by atomic mass is 16.5. The lowest BCUT2D eigenvalue weighted by atomic mass is 10.0. The summed E-state index contributed by atoms with van der Waals surface area (Å²) in [6.07, 6.45) is 7.73. The average molecular weight is 471 g/mol. The highest BCUT2D eigenvalue weighted by Gasteiger charge is 2.06. The number of hydrogen-bond donors (Lipinski definition) is 0. The van der Waals surface area contributed by atoms with Crippen molar-refractivity contribution in [1.82, 2.24) is 0 Å². The van der Waals surface area contributed by atoms with E-state index in [1.165, 1.54) is 6.08 Å². The predicted molar refractivity (Wildman–Crippen MR) is 146 cm³/mol. The molecule has 3 aromatic rings. The Hall–Kier alpha value is -4.18. The van der Waals surface area contributed by atoms with Gasteiger partial charge in [-0.2, -0.15) is 0 Å². The van der Waals surface area contributed by atoms with Gasteiger partial charge in [-0.15, -0.1) is 0 Å². The summed E-state index contributed by atoms with van der Waals surface area (Å²) < 4.78 is 10.5. The van der Waals surface area contributed by atoms with Crippen LogP contribution in [0.5, 0.6) is 11.5 Å². The van der Waals surface area contributed by atoms with E-state index in [1.54, 1.807) is 20.1 Å². The Balaban J connectivity index is 0.000000926. The van der Waals surface area contributed by atoms with Crippen LogP contribution in [0.15, 0.2) is 97.1 Å². The molecule has 0 aromatic heterocycles. The molecule has 3 aromatic carbocycles. The second-order valence-corrected chi connectivity index (χ2v) is 6.99. The van der Waals surface area contributed by atoms with E-state index in [0.29, 0.717) is 17.6 Å². The van der Waals surface area contributed by atoms with Crippen LogP contribution in [0.25, 0.3) is 23.3 Å². The third-order valence-electron chi connectivity index (χ3n) is 4.74. The fraction of sp³-hybridized carbons (Fsp3) is 0.161. The Morgan fingerprint density at radius 3 is 1.57 bits per heavy atom. The number of carbonyl (C=O) groups excluding carboxylic acids is 2. The molecule has 35 heavy (non-hydrogen) atoms. The molecule has 4 nitrogen and oxygen atoms in total. The maximum Gasteiger partial charge on any atom is 0.338 e. The van der Waals surface area contributed by atoms with Gasteiger partial charge in [-0.1, -0.05) is 87.2 Å². The van der Waals surface area contributed by atoms with Crippen LogP contribution in [0.3, 0.4) is 0 Å². The van der Waals surface area contributed by atoms with Crippen LogP contribution in [0.4, 0.5) is 0 Å². The fourth-order valence-electron chi connectivity index (χ4n) is 2.71. The minimum Gasteiger partial charge on any atom is -0.497 e. The second kappa shape index (κ2) is 16.4. The highest BCUT2D eigenvalue weighted by molar-refractivity contribution is 5.89. The first-order chi connectivity index (χ1) is 17.0. The fourth-order valence-corrected chi connectivity index (χ4v) is 2.71. The number of carbonyl (C=O) groups is 2. The Labute approximate surface area is 209 Å². The summed E-state index contributed by atoms with van der Waals surface area (Å²) in [6, 6.07) is 23.8. The number of ether oxygens (including phenoxy) is 2. The minimum atomic E-state index is -0.326. The van der Waals surface area contributed by atoms with Gasteiger partial charge < -0.3 is 9.47 Å². The van der Waals surface area contributed by atoms with Crippen LogP contribution in [-0.4, -0.2) is 19.4 Å². The van der Waals surface area contributed by atoms with Gasteiger partial charge in [0, 0.05) is 5.57 Å². The maximum atomic E-state index is 11.8. The van der Waals surface area contributed by atoms with Crippen molar-refractivity contribution >= 4 is 24.4 Å². The summed E-state index contributed by atoms with van der Waals surface area (Å²) in [7, 11) is 1.66. The molecular formula is C31H34O4. The first-order valence-corrected chi connectivity index (χ1v) is 11.4. The Morgan fingerprint density at radius 2 is 1.17 bits per heavy atom. The molecule has 0 atom stereocenters. The molecule has 3 rings (SSSR count). The van der Waals surface area contributed by atoms with Crippen molar-refractivity contribution < 1.29 is 19.1 Å². The van der Waals surface area contributed by atoms with Crippen LogP contribution >= 0.6 is 0 Å². The molecule has 0 bridgehead atoms. The first kappa shape index (κ1) is 28.9. The van der Waals surface area contributed by atoms with Crippen molar-refractivity contribution in [3.05, 3.63) is 108 Å². The van der Waals surface area contributed by atoms with E-state index in [2.05, 4.69) is 43.0 Å². The molecule has 0 unspecified atom stereocenters. The zero-order valence-corrected chi connectivity index (χ0v) is 21.2. The number of allylic oxidation sites excluding steroid dienone is 2. The molecule has 0 heterocycles. The number of benzene rings is 3. The van der Waals surface area contributed by atoms with Crippen molar-refractivity contribution in [3.8, 4) is 22.6 Å². The van der Waals surface area contributed by atoms with E-state index in [-0.39, 0.29) is 5.97 Å². The monoisotopic (exact) mass is 470 g/mol. The number of esters is 1. The van der Waals surface area contributed by atoms with Crippen LogP contribution in [0.2, 0.25) is 0 Å². The lowest BCUT2D eigenvalue weighted by Crippen LogP contribution is -2.08. The molecule has 0 amide bonds. The van der Waals surface area contributed by atoms with Gasteiger partial charge in [-0.05, 0) is 66.4 Å². The van der Waals surface area contributed by atoms with Gasteiger partial charge in [0.05, 0.1) is 7.11 Å². The van der Waals surface area contributed by atoms with E-state index < -0.39 is 0 Å². The summed E-state index contributed by atoms with van der Waals surface area (Å²) >= 11 is 0. The zero-order chi connectivity index (χ0) is 26.1. The smallest absolute Gasteiger partial charge is 0.338 e. The van der Waals surface area contributed by atoms with Gasteiger partial charge in [0.15, 0.2) is 0 Å². The predicted octanol–water partition coefficient (Wildman–Crippen LogP) is 7.80. The van der Waals surface area contributed by atoms with Gasteiger partial charge in [-0.25, -0.2) is 4.79 Å². The van der Waals surface area contributed by atoms with E-state index in [0.717, 1.165) is 28.0 Å². The molecule has 0 spiro atoms. The van der Waals surface area contributed by atoms with Crippen molar-refractivity contribution in [2.45, 2.75) is 27.7 Å². The normalized spacial score (nSPS) is 10.3. The topological polar surface area (TPSA) is 52.6 Å². The average Bonchev–Trinajstić information content (AvgIpc) is 2.93. The Morgan fingerprint density at radius 1 is 0.771 bits per heavy atom. The highest BCUT2D eigenvalue weighted by Crippen LogP contribution is 2.24. The summed E-state index contributed by atoms with van der Waals surface area (Å²) in [6.45, 7) is 10.7. The SMILES string of the molecule is C/C=C(/C)C(=O)Oc1ccc(-c2ccc(/C=C/c3ccc(OC)cc3)cc2)cc1.C=CC=O.CC. The maximum absolute atomic E-state index is 11.8. The standard InChI is InChI=1S/C26H24O3.C3H4O.C2H6/c1-4-19(2)26(27)29-25-17-13-23(14-18-25)22-11-7-20(8-12-22)5-6-21-9-15-24(28-3)16-10-21;1-2-3-4;1-2/h4-18H,1-3H3;2-3H,1H2;1-2H3/b6-5+,19-4-;;. The molecule has 0 radical (unpaired) electrons. The second-order valence-electron chi connectivity index (χ2n) is 6.99. The third-order valence-corrected chi connectivity index (χ3v) is 4.74. The number of rotatable bonds is 7. The van der Waals surface area contributed by atoms with Crippen molar-refractivity contribution in [2.24, 2.45) is 0 Å². The lowest BCUT2D eigenvalue weighted by molar-refractivity contribution is -0.130. The molecule has 0 saturated heterocycles. The number of aldehydes is 1. The van der Waals surface area contributed by atoms with Crippen molar-refractivity contribution in [3.63, 3.8) is 0 Å². The van der Waals surface area contributed by atoms with E-state index >= 15 is 0 Å². The van der Waals surface area contributed by atoms with Crippen LogP contribution in [0.1, 0.15) is 38.8 Å². The number of methoxy groups -OCH3 is 1. The van der Waals surface area contributed by atoms with Crippen LogP contribution < -0.4 is 9.47 Å². The molecule has 182 valence electrons. The van der Waals surface area contributed by atoms with E-state index in [4.69, 9.17) is 14.3 Å². The molecule has 0 aliphatic rings. The largest absolute Gasteiger partial charge is 0.497 e. The molecule has 0 saturated carbocycles. The zero-order valence-electron chi connectivity index (χ0n) is 21.2. The summed E-state index contributed by atoms with van der Waals surface area (Å²) in [5.74, 6) is 1.07. The van der Waals surface area contributed by atoms with Gasteiger partial charge in [0.25, 0.3) is 0 Å². The molecule has 0 fully saturated rings. The number of hydrogen-bond acceptors (Lipinski definition) is 4. The minimum absolute atomic E-state index is 0.326. The Kier molecular flexibility index (Phi) is 13.5. The van der Waals surface area contributed by atoms with E-state index in [9.17, 15) is 4.79 Å². The van der Waals surface area contributed by atoms with Gasteiger partial charge in [0.2, 0.25) is 0 Å². The molecular weight excluding hydrogens is 436 g/mol. The van der Waals surface area contributed by atoms with E-state index in [1.807, 2.05) is 69.3 Å². The molecule has 0 aliphatic heterocycles. The van der Waals surface area contributed by atoms with Gasteiger partial charge in [-0.3, -0.25) is 4.79 Å². The molecule has 4 heteroatoms. The lowest BCUT2D eigenvalue weighted by Gasteiger charge is -2.06. The van der Waals surface area contributed by atoms with Gasteiger partial charge >= 0.3 is 5.97 Å².